The zero-order valence-corrected chi connectivity index (χ0v) is 17.1. The van der Waals surface area contributed by atoms with Gasteiger partial charge >= 0.3 is 0 Å². The zero-order chi connectivity index (χ0) is 21.6. The number of aryl methyl sites for hydroxylation is 1. The van der Waals surface area contributed by atoms with Gasteiger partial charge in [0.2, 0.25) is 17.4 Å². The van der Waals surface area contributed by atoms with Gasteiger partial charge in [0.05, 0.1) is 6.54 Å². The molecule has 0 atom stereocenters. The van der Waals surface area contributed by atoms with Crippen molar-refractivity contribution in [3.8, 4) is 34.9 Å². The summed E-state index contributed by atoms with van der Waals surface area (Å²) in [6, 6.07) is 16.1. The molecule has 31 heavy (non-hydrogen) atoms. The van der Waals surface area contributed by atoms with Gasteiger partial charge in [-0.3, -0.25) is 4.79 Å². The van der Waals surface area contributed by atoms with Gasteiger partial charge in [0, 0.05) is 24.8 Å². The number of nitrogens with zero attached hydrogens (tertiary/aromatic N) is 6. The average molecular weight is 411 g/mol. The number of Topliss-reactive ketones (excluding diaryl/α,β-unsaturated/α-hetero) is 1. The van der Waals surface area contributed by atoms with Crippen LogP contribution in [0, 0.1) is 12.3 Å². The summed E-state index contributed by atoms with van der Waals surface area (Å²) in [6.07, 6.45) is 6.90. The molecule has 1 N–H and O–H groups in total. The second-order valence-corrected chi connectivity index (χ2v) is 6.97. The third-order valence-electron chi connectivity index (χ3n) is 4.92. The molecule has 0 aliphatic rings. The van der Waals surface area contributed by atoms with E-state index in [9.17, 15) is 4.79 Å². The van der Waals surface area contributed by atoms with E-state index in [1.807, 2.05) is 48.5 Å². The van der Waals surface area contributed by atoms with E-state index in [1.165, 1.54) is 0 Å². The molecule has 0 spiro atoms. The Morgan fingerprint density at radius 2 is 1.90 bits per heavy atom. The summed E-state index contributed by atoms with van der Waals surface area (Å²) >= 11 is 0. The minimum Gasteiger partial charge on any atom is -0.291 e. The zero-order valence-electron chi connectivity index (χ0n) is 17.1. The van der Waals surface area contributed by atoms with Crippen LogP contribution in [0.5, 0.6) is 0 Å². The van der Waals surface area contributed by atoms with Crippen LogP contribution in [0.15, 0.2) is 48.5 Å². The summed E-state index contributed by atoms with van der Waals surface area (Å²) in [4.78, 5) is 16.4. The smallest absolute Gasteiger partial charge is 0.217 e. The molecule has 0 saturated carbocycles. The molecule has 0 aliphatic heterocycles. The first-order valence-corrected chi connectivity index (χ1v) is 10.0. The van der Waals surface area contributed by atoms with Gasteiger partial charge in [-0.15, -0.1) is 27.6 Å². The number of hydrogen-bond donors (Lipinski definition) is 1. The molecule has 8 heteroatoms. The minimum absolute atomic E-state index is 0.0749. The number of carbonyl (C=O) groups excluding carboxylic acids is 1. The van der Waals surface area contributed by atoms with Crippen LogP contribution in [-0.4, -0.2) is 41.2 Å². The first kappa shape index (κ1) is 20.2. The molecule has 0 fully saturated rings. The Kier molecular flexibility index (Phi) is 5.94. The molecule has 4 rings (SSSR count). The summed E-state index contributed by atoms with van der Waals surface area (Å²) in [5.41, 5.74) is 4.00. The van der Waals surface area contributed by atoms with Crippen LogP contribution >= 0.6 is 0 Å². The standard InChI is InChI=1S/C23H21N7O/c1-3-5-10-21-24-23(20(31)4-2)27-30(21)15-16-11-13-17(14-12-16)18-8-6-7-9-19(18)22-25-28-29-26-22/h1,6-9,11-14H,4-5,10,15H2,2H3,(H,25,26,28,29). The predicted octanol–water partition coefficient (Wildman–Crippen LogP) is 3.33. The predicted molar refractivity (Wildman–Crippen MR) is 116 cm³/mol. The van der Waals surface area contributed by atoms with Crippen molar-refractivity contribution in [1.82, 2.24) is 35.4 Å². The largest absolute Gasteiger partial charge is 0.291 e. The van der Waals surface area contributed by atoms with E-state index < -0.39 is 0 Å². The topological polar surface area (TPSA) is 102 Å². The van der Waals surface area contributed by atoms with Gasteiger partial charge in [0.15, 0.2) is 0 Å². The molecular formula is C23H21N7O. The Bertz CT molecular complexity index is 1220. The minimum atomic E-state index is -0.0749. The van der Waals surface area contributed by atoms with E-state index in [0.29, 0.717) is 31.6 Å². The van der Waals surface area contributed by atoms with Gasteiger partial charge in [0.1, 0.15) is 5.82 Å². The monoisotopic (exact) mass is 411 g/mol. The number of rotatable bonds is 8. The number of hydrogen-bond acceptors (Lipinski definition) is 6. The van der Waals surface area contributed by atoms with E-state index in [-0.39, 0.29) is 11.6 Å². The number of ketones is 1. The van der Waals surface area contributed by atoms with Crippen LogP contribution < -0.4 is 0 Å². The molecule has 0 unspecified atom stereocenters. The highest BCUT2D eigenvalue weighted by Gasteiger charge is 2.15. The van der Waals surface area contributed by atoms with E-state index >= 15 is 0 Å². The number of aromatic amines is 1. The first-order chi connectivity index (χ1) is 15.2. The van der Waals surface area contributed by atoms with Crippen LogP contribution in [-0.2, 0) is 13.0 Å². The average Bonchev–Trinajstić information content (AvgIpc) is 3.48. The fourth-order valence-electron chi connectivity index (χ4n) is 3.31. The van der Waals surface area contributed by atoms with Crippen LogP contribution in [0.1, 0.15) is 41.8 Å². The maximum atomic E-state index is 12.0. The summed E-state index contributed by atoms with van der Waals surface area (Å²) < 4.78 is 1.77. The SMILES string of the molecule is C#CCCc1nc(C(=O)CC)nn1Cc1ccc(-c2ccccc2-c2nn[nH]n2)cc1. The van der Waals surface area contributed by atoms with E-state index in [2.05, 4.69) is 36.6 Å². The van der Waals surface area contributed by atoms with Crippen molar-refractivity contribution < 1.29 is 4.79 Å². The molecule has 2 aromatic heterocycles. The van der Waals surface area contributed by atoms with Crippen molar-refractivity contribution in [2.45, 2.75) is 32.7 Å². The molecule has 0 saturated heterocycles. The van der Waals surface area contributed by atoms with Crippen LogP contribution in [0.3, 0.4) is 0 Å². The van der Waals surface area contributed by atoms with E-state index in [1.54, 1.807) is 11.6 Å². The van der Waals surface area contributed by atoms with Gasteiger partial charge in [-0.05, 0) is 21.9 Å². The van der Waals surface area contributed by atoms with Crippen LogP contribution in [0.4, 0.5) is 0 Å². The van der Waals surface area contributed by atoms with Gasteiger partial charge in [0.25, 0.3) is 0 Å². The second-order valence-electron chi connectivity index (χ2n) is 6.97. The maximum absolute atomic E-state index is 12.0. The fraction of sp³-hybridized carbons (Fsp3) is 0.217. The Balaban J connectivity index is 1.60. The molecular weight excluding hydrogens is 390 g/mol. The number of nitrogens with one attached hydrogen (secondary N) is 1. The van der Waals surface area contributed by atoms with Crippen molar-refractivity contribution >= 4 is 5.78 Å². The molecule has 0 aliphatic carbocycles. The number of benzene rings is 2. The van der Waals surface area contributed by atoms with Gasteiger partial charge < -0.3 is 0 Å². The van der Waals surface area contributed by atoms with Crippen LogP contribution in [0.2, 0.25) is 0 Å². The number of tetrazole rings is 1. The third-order valence-corrected chi connectivity index (χ3v) is 4.92. The third kappa shape index (κ3) is 4.41. The van der Waals surface area contributed by atoms with E-state index in [0.717, 1.165) is 28.1 Å². The molecule has 4 aromatic rings. The van der Waals surface area contributed by atoms with Crippen molar-refractivity contribution in [2.75, 3.05) is 0 Å². The van der Waals surface area contributed by atoms with Crippen molar-refractivity contribution in [2.24, 2.45) is 0 Å². The molecule has 0 bridgehead atoms. The van der Waals surface area contributed by atoms with E-state index in [4.69, 9.17) is 6.42 Å². The van der Waals surface area contributed by atoms with Crippen molar-refractivity contribution in [3.05, 3.63) is 65.7 Å². The summed E-state index contributed by atoms with van der Waals surface area (Å²) in [5.74, 6) is 4.07. The molecule has 2 aromatic carbocycles. The highest BCUT2D eigenvalue weighted by Crippen LogP contribution is 2.29. The van der Waals surface area contributed by atoms with Crippen molar-refractivity contribution in [3.63, 3.8) is 0 Å². The quantitative estimate of drug-likeness (QED) is 0.352. The highest BCUT2D eigenvalue weighted by atomic mass is 16.1. The molecule has 154 valence electrons. The lowest BCUT2D eigenvalue weighted by Crippen LogP contribution is -2.07. The summed E-state index contributed by atoms with van der Waals surface area (Å²) in [5, 5.41) is 18.8. The van der Waals surface area contributed by atoms with Crippen LogP contribution in [0.25, 0.3) is 22.5 Å². The molecule has 0 amide bonds. The Labute approximate surface area is 179 Å². The Morgan fingerprint density at radius 1 is 1.13 bits per heavy atom. The molecule has 0 radical (unpaired) electrons. The Hall–Kier alpha value is -4.12. The van der Waals surface area contributed by atoms with Crippen molar-refractivity contribution in [1.29, 1.82) is 0 Å². The maximum Gasteiger partial charge on any atom is 0.217 e. The first-order valence-electron chi connectivity index (χ1n) is 10.0. The lowest BCUT2D eigenvalue weighted by molar-refractivity contribution is 0.0978. The molecule has 8 nitrogen and oxygen atoms in total. The lowest BCUT2D eigenvalue weighted by Gasteiger charge is -2.09. The summed E-state index contributed by atoms with van der Waals surface area (Å²) in [6.45, 7) is 2.31. The normalized spacial score (nSPS) is 10.7. The molecule has 2 heterocycles. The Morgan fingerprint density at radius 3 is 2.58 bits per heavy atom. The summed E-state index contributed by atoms with van der Waals surface area (Å²) in [7, 11) is 0. The van der Waals surface area contributed by atoms with Gasteiger partial charge in [-0.1, -0.05) is 55.5 Å². The highest BCUT2D eigenvalue weighted by molar-refractivity contribution is 5.92. The second kappa shape index (κ2) is 9.13. The lowest BCUT2D eigenvalue weighted by atomic mass is 9.98. The number of terminal acetylenes is 1. The number of H-pyrrole nitrogens is 1. The number of aromatic nitrogens is 7. The van der Waals surface area contributed by atoms with Gasteiger partial charge in [-0.2, -0.15) is 5.21 Å². The number of carbonyl (C=O) groups is 1. The van der Waals surface area contributed by atoms with Gasteiger partial charge in [-0.25, -0.2) is 9.67 Å². The fourth-order valence-corrected chi connectivity index (χ4v) is 3.31.